The first kappa shape index (κ1) is 20.2. The van der Waals surface area contributed by atoms with E-state index >= 15 is 0 Å². The summed E-state index contributed by atoms with van der Waals surface area (Å²) in [6, 6.07) is 11.3. The van der Waals surface area contributed by atoms with E-state index in [2.05, 4.69) is 15.3 Å². The van der Waals surface area contributed by atoms with Crippen molar-refractivity contribution in [3.63, 3.8) is 0 Å². The van der Waals surface area contributed by atoms with Crippen molar-refractivity contribution < 1.29 is 9.59 Å². The smallest absolute Gasteiger partial charge is 0.257 e. The minimum absolute atomic E-state index is 0.174. The molecule has 6 heteroatoms. The lowest BCUT2D eigenvalue weighted by Crippen LogP contribution is -2.29. The van der Waals surface area contributed by atoms with Crippen LogP contribution < -0.4 is 5.32 Å². The van der Waals surface area contributed by atoms with Crippen molar-refractivity contribution in [1.82, 2.24) is 14.9 Å². The van der Waals surface area contributed by atoms with Gasteiger partial charge in [-0.2, -0.15) is 0 Å². The summed E-state index contributed by atoms with van der Waals surface area (Å²) < 4.78 is 0. The van der Waals surface area contributed by atoms with E-state index in [1.54, 1.807) is 30.4 Å². The zero-order valence-corrected chi connectivity index (χ0v) is 16.8. The predicted octanol–water partition coefficient (Wildman–Crippen LogP) is 3.66. The lowest BCUT2D eigenvalue weighted by Gasteiger charge is -2.17. The number of pyridine rings is 2. The number of carbonyl (C=O) groups is 2. The number of amides is 2. The van der Waals surface area contributed by atoms with Crippen molar-refractivity contribution in [2.45, 2.75) is 20.3 Å². The van der Waals surface area contributed by atoms with Crippen LogP contribution in [-0.2, 0) is 6.42 Å². The van der Waals surface area contributed by atoms with Gasteiger partial charge in [-0.15, -0.1) is 0 Å². The van der Waals surface area contributed by atoms with Gasteiger partial charge >= 0.3 is 0 Å². The van der Waals surface area contributed by atoms with Crippen molar-refractivity contribution in [1.29, 1.82) is 0 Å². The Labute approximate surface area is 170 Å². The number of anilines is 1. The monoisotopic (exact) mass is 388 g/mol. The van der Waals surface area contributed by atoms with Crippen LogP contribution in [0, 0.1) is 13.8 Å². The number of hydrogen-bond acceptors (Lipinski definition) is 4. The van der Waals surface area contributed by atoms with E-state index in [-0.39, 0.29) is 11.8 Å². The van der Waals surface area contributed by atoms with Gasteiger partial charge in [-0.05, 0) is 67.3 Å². The van der Waals surface area contributed by atoms with Gasteiger partial charge in [0.1, 0.15) is 0 Å². The molecular weight excluding hydrogens is 364 g/mol. The lowest BCUT2D eigenvalue weighted by molar-refractivity contribution is 0.0796. The number of likely N-dealkylation sites (N-methyl/N-ethyl adjacent to an activating group) is 1. The fourth-order valence-electron chi connectivity index (χ4n) is 3.10. The number of carbonyl (C=O) groups excluding carboxylic acids is 2. The number of benzene rings is 1. The van der Waals surface area contributed by atoms with E-state index in [0.717, 1.165) is 28.8 Å². The van der Waals surface area contributed by atoms with Gasteiger partial charge in [0.25, 0.3) is 11.8 Å². The molecule has 0 aliphatic heterocycles. The van der Waals surface area contributed by atoms with E-state index in [0.29, 0.717) is 17.7 Å². The summed E-state index contributed by atoms with van der Waals surface area (Å²) >= 11 is 0. The summed E-state index contributed by atoms with van der Waals surface area (Å²) in [7, 11) is 1.74. The van der Waals surface area contributed by atoms with Crippen molar-refractivity contribution in [3.05, 3.63) is 89.0 Å². The fourth-order valence-corrected chi connectivity index (χ4v) is 3.10. The largest absolute Gasteiger partial charge is 0.341 e. The average Bonchev–Trinajstić information content (AvgIpc) is 2.71. The number of hydrogen-bond donors (Lipinski definition) is 1. The molecule has 1 aromatic carbocycles. The molecular formula is C23H24N4O2. The SMILES string of the molecule is Cc1cc(C)cc(NC(=O)c2cncc(C(=O)N(C)CCc3ccncc3)c2)c1. The molecule has 29 heavy (non-hydrogen) atoms. The highest BCUT2D eigenvalue weighted by atomic mass is 16.2. The highest BCUT2D eigenvalue weighted by Gasteiger charge is 2.15. The molecule has 2 amide bonds. The van der Waals surface area contributed by atoms with Crippen molar-refractivity contribution >= 4 is 17.5 Å². The van der Waals surface area contributed by atoms with Crippen LogP contribution in [0.3, 0.4) is 0 Å². The van der Waals surface area contributed by atoms with Crippen LogP contribution >= 0.6 is 0 Å². The minimum Gasteiger partial charge on any atom is -0.341 e. The Balaban J connectivity index is 1.67. The third-order valence-corrected chi connectivity index (χ3v) is 4.56. The summed E-state index contributed by atoms with van der Waals surface area (Å²) in [6.07, 6.45) is 7.15. The van der Waals surface area contributed by atoms with Gasteiger partial charge in [0.05, 0.1) is 11.1 Å². The Kier molecular flexibility index (Phi) is 6.34. The van der Waals surface area contributed by atoms with Crippen molar-refractivity contribution in [2.24, 2.45) is 0 Å². The quantitative estimate of drug-likeness (QED) is 0.699. The molecule has 3 aromatic rings. The second kappa shape index (κ2) is 9.10. The van der Waals surface area contributed by atoms with Crippen molar-refractivity contribution in [3.8, 4) is 0 Å². The molecule has 2 aromatic heterocycles. The molecule has 6 nitrogen and oxygen atoms in total. The van der Waals surface area contributed by atoms with E-state index < -0.39 is 0 Å². The molecule has 0 radical (unpaired) electrons. The summed E-state index contributed by atoms with van der Waals surface area (Å²) in [5, 5.41) is 2.87. The van der Waals surface area contributed by atoms with Crippen molar-refractivity contribution in [2.75, 3.05) is 18.9 Å². The van der Waals surface area contributed by atoms with E-state index in [1.165, 1.54) is 12.4 Å². The maximum absolute atomic E-state index is 12.7. The second-order valence-electron chi connectivity index (χ2n) is 7.12. The Hall–Kier alpha value is -3.54. The number of nitrogens with zero attached hydrogens (tertiary/aromatic N) is 3. The molecule has 0 aliphatic rings. The summed E-state index contributed by atoms with van der Waals surface area (Å²) in [4.78, 5) is 35.1. The van der Waals surface area contributed by atoms with E-state index in [1.807, 2.05) is 44.2 Å². The zero-order valence-electron chi connectivity index (χ0n) is 16.8. The molecule has 3 rings (SSSR count). The van der Waals surface area contributed by atoms with Gasteiger partial charge in [0, 0.05) is 44.1 Å². The van der Waals surface area contributed by atoms with Gasteiger partial charge in [-0.1, -0.05) is 6.07 Å². The maximum atomic E-state index is 12.7. The zero-order chi connectivity index (χ0) is 20.8. The standard InChI is InChI=1S/C23H24N4O2/c1-16-10-17(2)12-21(11-16)26-22(28)19-13-20(15-25-14-19)23(29)27(3)9-6-18-4-7-24-8-5-18/h4-5,7-8,10-15H,6,9H2,1-3H3,(H,26,28). The van der Waals surface area contributed by atoms with Crippen LogP contribution in [0.4, 0.5) is 5.69 Å². The molecule has 0 saturated heterocycles. The highest BCUT2D eigenvalue weighted by molar-refractivity contribution is 6.05. The maximum Gasteiger partial charge on any atom is 0.257 e. The highest BCUT2D eigenvalue weighted by Crippen LogP contribution is 2.15. The second-order valence-corrected chi connectivity index (χ2v) is 7.12. The summed E-state index contributed by atoms with van der Waals surface area (Å²) in [5.41, 5.74) is 4.70. The molecule has 0 aliphatic carbocycles. The van der Waals surface area contributed by atoms with Crippen LogP contribution in [0.25, 0.3) is 0 Å². The third kappa shape index (κ3) is 5.48. The Morgan fingerprint density at radius 2 is 1.59 bits per heavy atom. The average molecular weight is 388 g/mol. The van der Waals surface area contributed by atoms with E-state index in [4.69, 9.17) is 0 Å². The first-order valence-corrected chi connectivity index (χ1v) is 9.41. The van der Waals surface area contributed by atoms with Gasteiger partial charge in [-0.3, -0.25) is 19.6 Å². The van der Waals surface area contributed by atoms with E-state index in [9.17, 15) is 9.59 Å². The van der Waals surface area contributed by atoms with Crippen LogP contribution in [0.1, 0.15) is 37.4 Å². The molecule has 0 unspecified atom stereocenters. The molecule has 0 bridgehead atoms. The predicted molar refractivity (Wildman–Crippen MR) is 113 cm³/mol. The first-order chi connectivity index (χ1) is 13.9. The van der Waals surface area contributed by atoms with Gasteiger partial charge in [-0.25, -0.2) is 0 Å². The number of nitrogens with one attached hydrogen (secondary N) is 1. The molecule has 0 fully saturated rings. The van der Waals surface area contributed by atoms with Crippen LogP contribution in [0.2, 0.25) is 0 Å². The minimum atomic E-state index is -0.295. The normalized spacial score (nSPS) is 10.4. The Bertz CT molecular complexity index is 998. The molecule has 2 heterocycles. The molecule has 0 spiro atoms. The number of rotatable bonds is 6. The van der Waals surface area contributed by atoms with Crippen LogP contribution in [-0.4, -0.2) is 40.3 Å². The van der Waals surface area contributed by atoms with Gasteiger partial charge < -0.3 is 10.2 Å². The van der Waals surface area contributed by atoms with Gasteiger partial charge in [0.2, 0.25) is 0 Å². The molecule has 148 valence electrons. The molecule has 0 saturated carbocycles. The summed E-state index contributed by atoms with van der Waals surface area (Å²) in [5.74, 6) is -0.468. The van der Waals surface area contributed by atoms with Gasteiger partial charge in [0.15, 0.2) is 0 Å². The fraction of sp³-hybridized carbons (Fsp3) is 0.217. The first-order valence-electron chi connectivity index (χ1n) is 9.41. The number of aromatic nitrogens is 2. The summed E-state index contributed by atoms with van der Waals surface area (Å²) in [6.45, 7) is 4.51. The van der Waals surface area contributed by atoms with Crippen LogP contribution in [0.15, 0.2) is 61.2 Å². The molecule has 0 atom stereocenters. The van der Waals surface area contributed by atoms with Crippen LogP contribution in [0.5, 0.6) is 0 Å². The Morgan fingerprint density at radius 3 is 2.28 bits per heavy atom. The lowest BCUT2D eigenvalue weighted by atomic mass is 10.1. The molecule has 1 N–H and O–H groups in total. The third-order valence-electron chi connectivity index (χ3n) is 4.56. The Morgan fingerprint density at radius 1 is 0.931 bits per heavy atom. The number of aryl methyl sites for hydroxylation is 2. The topological polar surface area (TPSA) is 75.2 Å².